The van der Waals surface area contributed by atoms with E-state index in [1.54, 1.807) is 19.9 Å². The minimum absolute atomic E-state index is 0.264. The highest BCUT2D eigenvalue weighted by Crippen LogP contribution is 2.30. The largest absolute Gasteiger partial charge is 0.336 e. The van der Waals surface area contributed by atoms with Crippen LogP contribution in [0.2, 0.25) is 0 Å². The molecule has 108 valence electrons. The van der Waals surface area contributed by atoms with E-state index in [1.807, 2.05) is 0 Å². The van der Waals surface area contributed by atoms with E-state index < -0.39 is 5.54 Å². The molecule has 0 bridgehead atoms. The maximum Gasteiger partial charge on any atom is 0.258 e. The molecule has 0 saturated heterocycles. The Labute approximate surface area is 122 Å². The number of carbonyl (C=O) groups is 1. The number of aryl methyl sites for hydroxylation is 2. The zero-order valence-corrected chi connectivity index (χ0v) is 12.1. The molecule has 0 unspecified atom stereocenters. The molecule has 1 N–H and O–H groups in total. The van der Waals surface area contributed by atoms with E-state index in [9.17, 15) is 10.1 Å². The summed E-state index contributed by atoms with van der Waals surface area (Å²) >= 11 is 0. The van der Waals surface area contributed by atoms with E-state index in [4.69, 9.17) is 4.52 Å². The Kier molecular flexibility index (Phi) is 3.13. The van der Waals surface area contributed by atoms with Crippen LogP contribution in [0.4, 0.5) is 0 Å². The van der Waals surface area contributed by atoms with Crippen LogP contribution in [0.15, 0.2) is 10.6 Å². The van der Waals surface area contributed by atoms with Crippen LogP contribution >= 0.6 is 0 Å². The summed E-state index contributed by atoms with van der Waals surface area (Å²) in [5.74, 6) is -0.264. The van der Waals surface area contributed by atoms with Crippen molar-refractivity contribution in [3.63, 3.8) is 0 Å². The van der Waals surface area contributed by atoms with Crippen LogP contribution in [0.1, 0.15) is 47.4 Å². The van der Waals surface area contributed by atoms with Gasteiger partial charge in [-0.25, -0.2) is 4.98 Å². The molecule has 1 saturated carbocycles. The number of carbonyl (C=O) groups excluding carboxylic acids is 1. The molecular formula is C15H16N4O2. The van der Waals surface area contributed by atoms with Gasteiger partial charge in [-0.15, -0.1) is 0 Å². The van der Waals surface area contributed by atoms with Gasteiger partial charge in [0.25, 0.3) is 11.6 Å². The van der Waals surface area contributed by atoms with Crippen molar-refractivity contribution in [1.82, 2.24) is 15.5 Å². The lowest BCUT2D eigenvalue weighted by Crippen LogP contribution is -2.45. The first-order chi connectivity index (χ1) is 10.0. The third-order valence-corrected chi connectivity index (χ3v) is 4.01. The first-order valence-electron chi connectivity index (χ1n) is 7.02. The van der Waals surface area contributed by atoms with Crippen molar-refractivity contribution in [2.24, 2.45) is 0 Å². The lowest BCUT2D eigenvalue weighted by Gasteiger charge is -2.22. The number of aromatic nitrogens is 2. The van der Waals surface area contributed by atoms with Crippen molar-refractivity contribution >= 4 is 17.0 Å². The molecule has 0 spiro atoms. The first-order valence-corrected chi connectivity index (χ1v) is 7.02. The molecule has 0 atom stereocenters. The number of amides is 1. The van der Waals surface area contributed by atoms with E-state index in [2.05, 4.69) is 21.5 Å². The van der Waals surface area contributed by atoms with E-state index in [0.717, 1.165) is 12.8 Å². The highest BCUT2D eigenvalue weighted by Gasteiger charge is 2.36. The Balaban J connectivity index is 2.02. The van der Waals surface area contributed by atoms with Gasteiger partial charge in [0.1, 0.15) is 5.54 Å². The Morgan fingerprint density at radius 2 is 2.14 bits per heavy atom. The number of fused-ring (bicyclic) bond motifs is 1. The third-order valence-electron chi connectivity index (χ3n) is 4.01. The van der Waals surface area contributed by atoms with Crippen LogP contribution < -0.4 is 5.32 Å². The zero-order chi connectivity index (χ0) is 15.0. The van der Waals surface area contributed by atoms with Crippen LogP contribution in [0.3, 0.4) is 0 Å². The molecule has 6 heteroatoms. The SMILES string of the molecule is Cc1cc(C(=O)NC2(C#N)CCCC2)c2c(C)noc2n1. The lowest BCUT2D eigenvalue weighted by atomic mass is 9.98. The van der Waals surface area contributed by atoms with Gasteiger partial charge < -0.3 is 9.84 Å². The van der Waals surface area contributed by atoms with E-state index >= 15 is 0 Å². The third kappa shape index (κ3) is 2.25. The summed E-state index contributed by atoms with van der Waals surface area (Å²) in [6.07, 6.45) is 3.33. The summed E-state index contributed by atoms with van der Waals surface area (Å²) in [5, 5.41) is 16.8. The summed E-state index contributed by atoms with van der Waals surface area (Å²) in [5.41, 5.74) is 1.39. The number of hydrogen-bond donors (Lipinski definition) is 1. The zero-order valence-electron chi connectivity index (χ0n) is 12.1. The molecule has 2 aromatic rings. The van der Waals surface area contributed by atoms with E-state index in [1.165, 1.54) is 0 Å². The van der Waals surface area contributed by atoms with Crippen LogP contribution in [-0.2, 0) is 0 Å². The molecule has 2 aromatic heterocycles. The number of nitrogens with one attached hydrogen (secondary N) is 1. The van der Waals surface area contributed by atoms with Crippen LogP contribution in [0, 0.1) is 25.2 Å². The fraction of sp³-hybridized carbons (Fsp3) is 0.467. The predicted octanol–water partition coefficient (Wildman–Crippen LogP) is 2.41. The van der Waals surface area contributed by atoms with Crippen LogP contribution in [0.5, 0.6) is 0 Å². The summed E-state index contributed by atoms with van der Waals surface area (Å²) in [4.78, 5) is 16.9. The molecule has 3 rings (SSSR count). The van der Waals surface area contributed by atoms with Gasteiger partial charge in [0.05, 0.1) is 22.7 Å². The second-order valence-corrected chi connectivity index (χ2v) is 5.61. The molecule has 6 nitrogen and oxygen atoms in total. The summed E-state index contributed by atoms with van der Waals surface area (Å²) in [6, 6.07) is 3.97. The molecule has 0 radical (unpaired) electrons. The number of nitrogens with zero attached hydrogens (tertiary/aromatic N) is 3. The summed E-state index contributed by atoms with van der Waals surface area (Å²) in [7, 11) is 0. The van der Waals surface area contributed by atoms with Crippen molar-refractivity contribution in [1.29, 1.82) is 5.26 Å². The number of hydrogen-bond acceptors (Lipinski definition) is 5. The Hall–Kier alpha value is -2.42. The molecule has 1 amide bonds. The Morgan fingerprint density at radius 1 is 1.43 bits per heavy atom. The van der Waals surface area contributed by atoms with Crippen molar-refractivity contribution in [3.8, 4) is 6.07 Å². The van der Waals surface area contributed by atoms with Crippen molar-refractivity contribution < 1.29 is 9.32 Å². The molecule has 0 aliphatic heterocycles. The van der Waals surface area contributed by atoms with Gasteiger partial charge in [0, 0.05) is 5.69 Å². The fourth-order valence-corrected chi connectivity index (χ4v) is 2.92. The molecule has 1 fully saturated rings. The average Bonchev–Trinajstić information content (AvgIpc) is 3.06. The Bertz CT molecular complexity index is 751. The van der Waals surface area contributed by atoms with Crippen LogP contribution in [-0.4, -0.2) is 21.6 Å². The second kappa shape index (κ2) is 4.85. The molecule has 2 heterocycles. The lowest BCUT2D eigenvalue weighted by molar-refractivity contribution is 0.0922. The maximum atomic E-state index is 12.6. The standard InChI is InChI=1S/C15H16N4O2/c1-9-7-11(12-10(2)19-21-14(12)17-9)13(20)18-15(8-16)5-3-4-6-15/h7H,3-6H2,1-2H3,(H,18,20). The topological polar surface area (TPSA) is 91.8 Å². The smallest absolute Gasteiger partial charge is 0.258 e. The highest BCUT2D eigenvalue weighted by atomic mass is 16.5. The van der Waals surface area contributed by atoms with Crippen molar-refractivity contribution in [3.05, 3.63) is 23.0 Å². The quantitative estimate of drug-likeness (QED) is 0.914. The van der Waals surface area contributed by atoms with Gasteiger partial charge in [-0.1, -0.05) is 5.16 Å². The average molecular weight is 284 g/mol. The first kappa shape index (κ1) is 13.6. The van der Waals surface area contributed by atoms with Crippen molar-refractivity contribution in [2.45, 2.75) is 45.1 Å². The molecular weight excluding hydrogens is 268 g/mol. The number of pyridine rings is 1. The molecule has 1 aliphatic carbocycles. The molecule has 0 aromatic carbocycles. The summed E-state index contributed by atoms with van der Waals surface area (Å²) in [6.45, 7) is 3.57. The van der Waals surface area contributed by atoms with Gasteiger partial charge >= 0.3 is 0 Å². The van der Waals surface area contributed by atoms with Crippen molar-refractivity contribution in [2.75, 3.05) is 0 Å². The predicted molar refractivity (Wildman–Crippen MR) is 75.6 cm³/mol. The maximum absolute atomic E-state index is 12.6. The fourth-order valence-electron chi connectivity index (χ4n) is 2.92. The number of rotatable bonds is 2. The van der Waals surface area contributed by atoms with E-state index in [-0.39, 0.29) is 5.91 Å². The molecule has 1 aliphatic rings. The monoisotopic (exact) mass is 284 g/mol. The van der Waals surface area contributed by atoms with Gasteiger partial charge in [-0.05, 0) is 45.6 Å². The highest BCUT2D eigenvalue weighted by molar-refractivity contribution is 6.06. The number of nitriles is 1. The summed E-state index contributed by atoms with van der Waals surface area (Å²) < 4.78 is 5.14. The Morgan fingerprint density at radius 3 is 2.81 bits per heavy atom. The molecule has 21 heavy (non-hydrogen) atoms. The van der Waals surface area contributed by atoms with Gasteiger partial charge in [-0.3, -0.25) is 4.79 Å². The van der Waals surface area contributed by atoms with Gasteiger partial charge in [0.15, 0.2) is 0 Å². The minimum Gasteiger partial charge on any atom is -0.336 e. The normalized spacial score (nSPS) is 16.8. The van der Waals surface area contributed by atoms with Gasteiger partial charge in [-0.2, -0.15) is 5.26 Å². The van der Waals surface area contributed by atoms with E-state index in [0.29, 0.717) is 40.9 Å². The van der Waals surface area contributed by atoms with Gasteiger partial charge in [0.2, 0.25) is 0 Å². The van der Waals surface area contributed by atoms with Crippen LogP contribution in [0.25, 0.3) is 11.1 Å². The minimum atomic E-state index is -0.744. The second-order valence-electron chi connectivity index (χ2n) is 5.61.